The highest BCUT2D eigenvalue weighted by molar-refractivity contribution is 9.10. The lowest BCUT2D eigenvalue weighted by atomic mass is 10.1. The first kappa shape index (κ1) is 18.0. The quantitative estimate of drug-likeness (QED) is 0.612. The van der Waals surface area contributed by atoms with E-state index >= 15 is 0 Å². The maximum absolute atomic E-state index is 12.6. The Morgan fingerprint density at radius 3 is 2.40 bits per heavy atom. The Morgan fingerprint density at radius 2 is 1.72 bits per heavy atom. The maximum atomic E-state index is 12.6. The van der Waals surface area contributed by atoms with Crippen LogP contribution in [0, 0.1) is 0 Å². The predicted octanol–water partition coefficient (Wildman–Crippen LogP) is 4.96. The van der Waals surface area contributed by atoms with E-state index in [9.17, 15) is 4.79 Å². The predicted molar refractivity (Wildman–Crippen MR) is 106 cm³/mol. The van der Waals surface area contributed by atoms with Gasteiger partial charge in [0.15, 0.2) is 0 Å². The van der Waals surface area contributed by atoms with Gasteiger partial charge in [0.1, 0.15) is 10.2 Å². The third-order valence-corrected chi connectivity index (χ3v) is 5.02. The third-order valence-electron chi connectivity index (χ3n) is 3.64. The second-order valence-corrected chi connectivity index (χ2v) is 6.93. The van der Waals surface area contributed by atoms with Crippen molar-refractivity contribution in [2.24, 2.45) is 0 Å². The minimum Gasteiger partial charge on any atom is -0.382 e. The molecule has 0 radical (unpaired) electrons. The molecule has 1 aromatic heterocycles. The van der Waals surface area contributed by atoms with Crippen LogP contribution in [0.5, 0.6) is 0 Å². The number of para-hydroxylation sites is 1. The SMILES string of the molecule is O=c1c(Br)c(NCCc2ccccc2)cnn1-c1c(Cl)cccc1Cl. The fourth-order valence-electron chi connectivity index (χ4n) is 2.39. The second-order valence-electron chi connectivity index (χ2n) is 5.32. The standard InChI is InChI=1S/C18H14BrCl2N3O/c19-16-15(22-10-9-12-5-2-1-3-6-12)11-23-24(18(16)25)17-13(20)7-4-8-14(17)21/h1-8,11,22H,9-10H2. The van der Waals surface area contributed by atoms with Crippen molar-refractivity contribution in [1.82, 2.24) is 9.78 Å². The van der Waals surface area contributed by atoms with Crippen LogP contribution in [0.15, 0.2) is 64.0 Å². The zero-order chi connectivity index (χ0) is 17.8. The number of nitrogens with zero attached hydrogens (tertiary/aromatic N) is 2. The van der Waals surface area contributed by atoms with Crippen molar-refractivity contribution in [3.8, 4) is 5.69 Å². The molecule has 128 valence electrons. The molecule has 4 nitrogen and oxygen atoms in total. The van der Waals surface area contributed by atoms with Gasteiger partial charge in [0.25, 0.3) is 5.56 Å². The number of anilines is 1. The zero-order valence-electron chi connectivity index (χ0n) is 13.0. The molecule has 25 heavy (non-hydrogen) atoms. The average molecular weight is 439 g/mol. The number of benzene rings is 2. The molecule has 2 aromatic carbocycles. The molecular weight excluding hydrogens is 425 g/mol. The molecule has 0 aliphatic rings. The molecule has 0 unspecified atom stereocenters. The minimum absolute atomic E-state index is 0.334. The molecule has 0 bridgehead atoms. The highest BCUT2D eigenvalue weighted by Crippen LogP contribution is 2.27. The second kappa shape index (κ2) is 8.04. The van der Waals surface area contributed by atoms with Crippen LogP contribution in [0.2, 0.25) is 10.0 Å². The van der Waals surface area contributed by atoms with E-state index in [2.05, 4.69) is 38.5 Å². The van der Waals surface area contributed by atoms with Gasteiger partial charge in [-0.3, -0.25) is 4.79 Å². The van der Waals surface area contributed by atoms with E-state index in [1.807, 2.05) is 18.2 Å². The Bertz CT molecular complexity index is 925. The molecule has 0 aliphatic carbocycles. The Balaban J connectivity index is 1.82. The van der Waals surface area contributed by atoms with Gasteiger partial charge in [-0.1, -0.05) is 59.6 Å². The molecule has 3 aromatic rings. The Hall–Kier alpha value is -1.82. The lowest BCUT2D eigenvalue weighted by Gasteiger charge is -2.12. The van der Waals surface area contributed by atoms with Crippen molar-refractivity contribution in [1.29, 1.82) is 0 Å². The fourth-order valence-corrected chi connectivity index (χ4v) is 3.36. The van der Waals surface area contributed by atoms with E-state index in [4.69, 9.17) is 23.2 Å². The van der Waals surface area contributed by atoms with Gasteiger partial charge in [0, 0.05) is 6.54 Å². The van der Waals surface area contributed by atoms with Crippen molar-refractivity contribution >= 4 is 44.8 Å². The van der Waals surface area contributed by atoms with Gasteiger partial charge in [-0.15, -0.1) is 0 Å². The van der Waals surface area contributed by atoms with Gasteiger partial charge in [-0.05, 0) is 40.0 Å². The summed E-state index contributed by atoms with van der Waals surface area (Å²) in [5, 5.41) is 8.14. The highest BCUT2D eigenvalue weighted by Gasteiger charge is 2.14. The number of nitrogens with one attached hydrogen (secondary N) is 1. The van der Waals surface area contributed by atoms with E-state index < -0.39 is 0 Å². The molecule has 0 amide bonds. The van der Waals surface area contributed by atoms with E-state index in [0.717, 1.165) is 6.42 Å². The molecule has 7 heteroatoms. The lowest BCUT2D eigenvalue weighted by molar-refractivity contribution is 0.800. The first-order valence-corrected chi connectivity index (χ1v) is 9.13. The largest absolute Gasteiger partial charge is 0.382 e. The molecule has 0 saturated carbocycles. The molecule has 0 aliphatic heterocycles. The summed E-state index contributed by atoms with van der Waals surface area (Å²) in [6.45, 7) is 0.681. The Morgan fingerprint density at radius 1 is 1.04 bits per heavy atom. The molecule has 0 atom stereocenters. The van der Waals surface area contributed by atoms with Crippen LogP contribution >= 0.6 is 39.1 Å². The number of hydrogen-bond donors (Lipinski definition) is 1. The van der Waals surface area contributed by atoms with Gasteiger partial charge in [-0.25, -0.2) is 0 Å². The number of hydrogen-bond acceptors (Lipinski definition) is 3. The first-order chi connectivity index (χ1) is 12.1. The highest BCUT2D eigenvalue weighted by atomic mass is 79.9. The van der Waals surface area contributed by atoms with Crippen LogP contribution in [0.1, 0.15) is 5.56 Å². The molecular formula is C18H14BrCl2N3O. The van der Waals surface area contributed by atoms with E-state index in [-0.39, 0.29) is 5.56 Å². The third kappa shape index (κ3) is 4.06. The molecule has 0 fully saturated rings. The van der Waals surface area contributed by atoms with Crippen molar-refractivity contribution in [3.05, 3.63) is 85.2 Å². The smallest absolute Gasteiger partial charge is 0.288 e. The number of aromatic nitrogens is 2. The number of rotatable bonds is 5. The summed E-state index contributed by atoms with van der Waals surface area (Å²) >= 11 is 15.7. The summed E-state index contributed by atoms with van der Waals surface area (Å²) in [7, 11) is 0. The van der Waals surface area contributed by atoms with Crippen molar-refractivity contribution in [3.63, 3.8) is 0 Å². The molecule has 0 spiro atoms. The van der Waals surface area contributed by atoms with E-state index in [1.54, 1.807) is 24.4 Å². The van der Waals surface area contributed by atoms with Gasteiger partial charge in [0.2, 0.25) is 0 Å². The van der Waals surface area contributed by atoms with Gasteiger partial charge in [-0.2, -0.15) is 9.78 Å². The van der Waals surface area contributed by atoms with Gasteiger partial charge in [0.05, 0.1) is 21.9 Å². The van der Waals surface area contributed by atoms with Crippen molar-refractivity contribution in [2.45, 2.75) is 6.42 Å². The van der Waals surface area contributed by atoms with E-state index in [1.165, 1.54) is 10.2 Å². The summed E-state index contributed by atoms with van der Waals surface area (Å²) < 4.78 is 1.57. The first-order valence-electron chi connectivity index (χ1n) is 7.58. The normalized spacial score (nSPS) is 10.7. The molecule has 0 saturated heterocycles. The van der Waals surface area contributed by atoms with Gasteiger partial charge < -0.3 is 5.32 Å². The Labute approximate surface area is 163 Å². The van der Waals surface area contributed by atoms with E-state index in [0.29, 0.717) is 32.4 Å². The lowest BCUT2D eigenvalue weighted by Crippen LogP contribution is -2.24. The average Bonchev–Trinajstić information content (AvgIpc) is 2.61. The summed E-state index contributed by atoms with van der Waals surface area (Å²) in [4.78, 5) is 12.6. The molecule has 1 heterocycles. The van der Waals surface area contributed by atoms with Crippen molar-refractivity contribution in [2.75, 3.05) is 11.9 Å². The van der Waals surface area contributed by atoms with Gasteiger partial charge >= 0.3 is 0 Å². The summed E-state index contributed by atoms with van der Waals surface area (Å²) in [6, 6.07) is 15.2. The fraction of sp³-hybridized carbons (Fsp3) is 0.111. The summed E-state index contributed by atoms with van der Waals surface area (Å²) in [5.41, 5.74) is 1.88. The van der Waals surface area contributed by atoms with Crippen molar-refractivity contribution < 1.29 is 0 Å². The van der Waals surface area contributed by atoms with Crippen LogP contribution in [0.25, 0.3) is 5.69 Å². The molecule has 3 rings (SSSR count). The van der Waals surface area contributed by atoms with Crippen LogP contribution in [-0.2, 0) is 6.42 Å². The van der Waals surface area contributed by atoms with Crippen LogP contribution in [0.4, 0.5) is 5.69 Å². The topological polar surface area (TPSA) is 46.9 Å². The zero-order valence-corrected chi connectivity index (χ0v) is 16.1. The van der Waals surface area contributed by atoms with Crippen LogP contribution in [0.3, 0.4) is 0 Å². The Kier molecular flexibility index (Phi) is 5.78. The number of halogens is 3. The monoisotopic (exact) mass is 437 g/mol. The maximum Gasteiger partial charge on any atom is 0.288 e. The summed E-state index contributed by atoms with van der Waals surface area (Å²) in [5.74, 6) is 0. The minimum atomic E-state index is -0.334. The summed E-state index contributed by atoms with van der Waals surface area (Å²) in [6.07, 6.45) is 2.42. The van der Waals surface area contributed by atoms with Crippen LogP contribution < -0.4 is 10.9 Å². The van der Waals surface area contributed by atoms with Crippen LogP contribution in [-0.4, -0.2) is 16.3 Å². The molecule has 1 N–H and O–H groups in total.